The largest absolute Gasteiger partial charge is 0.393 e. The van der Waals surface area contributed by atoms with Crippen molar-refractivity contribution >= 4 is 11.6 Å². The molecule has 0 aliphatic heterocycles. The molecule has 2 rings (SSSR count). The van der Waals surface area contributed by atoms with E-state index in [2.05, 4.69) is 5.32 Å². The Kier molecular flexibility index (Phi) is 4.98. The highest BCUT2D eigenvalue weighted by Crippen LogP contribution is 2.23. The number of nitrogens with one attached hydrogen (secondary N) is 1. The number of hydrogen-bond acceptors (Lipinski definition) is 2. The van der Waals surface area contributed by atoms with Crippen LogP contribution in [-0.2, 0) is 6.54 Å². The highest BCUT2D eigenvalue weighted by Gasteiger charge is 2.18. The molecule has 1 saturated carbocycles. The number of aliphatic hydroxyl groups excluding tert-OH is 1. The van der Waals surface area contributed by atoms with Crippen LogP contribution in [0.5, 0.6) is 0 Å². The smallest absolute Gasteiger partial charge is 0.127 e. The summed E-state index contributed by atoms with van der Waals surface area (Å²) in [5.41, 5.74) is 0.610. The first kappa shape index (κ1) is 13.8. The zero-order chi connectivity index (χ0) is 13.0. The third kappa shape index (κ3) is 3.94. The fraction of sp³-hybridized carbons (Fsp3) is 0.571. The zero-order valence-electron chi connectivity index (χ0n) is 10.3. The summed E-state index contributed by atoms with van der Waals surface area (Å²) in [5, 5.41) is 13.3. The van der Waals surface area contributed by atoms with Crippen molar-refractivity contribution in [3.63, 3.8) is 0 Å². The van der Waals surface area contributed by atoms with E-state index in [0.29, 0.717) is 23.0 Å². The molecule has 0 atom stereocenters. The fourth-order valence-electron chi connectivity index (χ4n) is 2.44. The third-order valence-electron chi connectivity index (χ3n) is 3.57. The average Bonchev–Trinajstić information content (AvgIpc) is 2.36. The van der Waals surface area contributed by atoms with E-state index < -0.39 is 0 Å². The molecule has 1 fully saturated rings. The van der Waals surface area contributed by atoms with Gasteiger partial charge >= 0.3 is 0 Å². The minimum atomic E-state index is -0.217. The molecule has 18 heavy (non-hydrogen) atoms. The summed E-state index contributed by atoms with van der Waals surface area (Å²) in [6, 6.07) is 4.62. The highest BCUT2D eigenvalue weighted by molar-refractivity contribution is 6.30. The van der Waals surface area contributed by atoms with Crippen molar-refractivity contribution in [2.45, 2.75) is 38.3 Å². The second kappa shape index (κ2) is 6.50. The Labute approximate surface area is 112 Å². The predicted molar refractivity (Wildman–Crippen MR) is 71.1 cm³/mol. The maximum Gasteiger partial charge on any atom is 0.127 e. The summed E-state index contributed by atoms with van der Waals surface area (Å²) >= 11 is 5.84. The molecule has 1 aromatic carbocycles. The lowest BCUT2D eigenvalue weighted by Gasteiger charge is -2.25. The van der Waals surface area contributed by atoms with Gasteiger partial charge in [0.05, 0.1) is 6.10 Å². The van der Waals surface area contributed by atoms with Gasteiger partial charge in [0.2, 0.25) is 0 Å². The molecule has 0 amide bonds. The van der Waals surface area contributed by atoms with E-state index in [1.165, 1.54) is 6.07 Å². The van der Waals surface area contributed by atoms with Gasteiger partial charge in [-0.3, -0.25) is 0 Å². The first-order valence-electron chi connectivity index (χ1n) is 6.48. The maximum atomic E-state index is 13.5. The Morgan fingerprint density at radius 1 is 1.28 bits per heavy atom. The summed E-state index contributed by atoms with van der Waals surface area (Å²) in [5.74, 6) is 0.376. The van der Waals surface area contributed by atoms with Crippen molar-refractivity contribution < 1.29 is 9.50 Å². The molecule has 4 heteroatoms. The Hall–Kier alpha value is -0.640. The van der Waals surface area contributed by atoms with Gasteiger partial charge in [-0.25, -0.2) is 4.39 Å². The Morgan fingerprint density at radius 3 is 2.72 bits per heavy atom. The van der Waals surface area contributed by atoms with Crippen LogP contribution in [0.1, 0.15) is 31.2 Å². The standard InChI is InChI=1S/C14H19ClFNO/c15-12-3-6-14(16)11(7-12)9-17-8-10-1-4-13(18)5-2-10/h3,6-7,10,13,17-18H,1-2,4-5,8-9H2. The second-order valence-corrected chi connectivity index (χ2v) is 5.48. The third-order valence-corrected chi connectivity index (χ3v) is 3.81. The van der Waals surface area contributed by atoms with Crippen LogP contribution >= 0.6 is 11.6 Å². The van der Waals surface area contributed by atoms with E-state index in [4.69, 9.17) is 11.6 Å². The maximum absolute atomic E-state index is 13.5. The molecule has 0 radical (unpaired) electrons. The van der Waals surface area contributed by atoms with Gasteiger partial charge in [-0.1, -0.05) is 11.6 Å². The summed E-state index contributed by atoms with van der Waals surface area (Å²) in [6.45, 7) is 1.38. The van der Waals surface area contributed by atoms with Gasteiger partial charge in [0, 0.05) is 17.1 Å². The molecule has 2 N–H and O–H groups in total. The normalized spacial score (nSPS) is 24.2. The molecule has 0 heterocycles. The van der Waals surface area contributed by atoms with Gasteiger partial charge < -0.3 is 10.4 Å². The van der Waals surface area contributed by atoms with Crippen LogP contribution in [0.3, 0.4) is 0 Å². The second-order valence-electron chi connectivity index (χ2n) is 5.04. The predicted octanol–water partition coefficient (Wildman–Crippen LogP) is 3.12. The SMILES string of the molecule is OC1CCC(CNCc2cc(Cl)ccc2F)CC1. The first-order valence-corrected chi connectivity index (χ1v) is 6.85. The van der Waals surface area contributed by atoms with Gasteiger partial charge in [-0.05, 0) is 56.3 Å². The molecule has 1 aliphatic carbocycles. The van der Waals surface area contributed by atoms with Gasteiger partial charge in [0.15, 0.2) is 0 Å². The molecule has 100 valence electrons. The van der Waals surface area contributed by atoms with Crippen molar-refractivity contribution in [2.75, 3.05) is 6.54 Å². The van der Waals surface area contributed by atoms with E-state index in [9.17, 15) is 9.50 Å². The molecule has 0 unspecified atom stereocenters. The van der Waals surface area contributed by atoms with Crippen molar-refractivity contribution in [1.29, 1.82) is 0 Å². The van der Waals surface area contributed by atoms with Crippen LogP contribution in [0, 0.1) is 11.7 Å². The molecule has 0 saturated heterocycles. The first-order chi connectivity index (χ1) is 8.65. The number of rotatable bonds is 4. The molecule has 2 nitrogen and oxygen atoms in total. The summed E-state index contributed by atoms with van der Waals surface area (Å²) < 4.78 is 13.5. The molecule has 1 aromatic rings. The lowest BCUT2D eigenvalue weighted by molar-refractivity contribution is 0.108. The molecule has 0 aromatic heterocycles. The topological polar surface area (TPSA) is 32.3 Å². The summed E-state index contributed by atoms with van der Waals surface area (Å²) in [6.07, 6.45) is 3.75. The van der Waals surface area contributed by atoms with E-state index in [1.54, 1.807) is 12.1 Å². The van der Waals surface area contributed by atoms with Crippen molar-refractivity contribution in [1.82, 2.24) is 5.32 Å². The number of aliphatic hydroxyl groups is 1. The van der Waals surface area contributed by atoms with Gasteiger partial charge in [-0.2, -0.15) is 0 Å². The van der Waals surface area contributed by atoms with E-state index in [-0.39, 0.29) is 11.9 Å². The number of benzene rings is 1. The van der Waals surface area contributed by atoms with Gasteiger partial charge in [0.1, 0.15) is 5.82 Å². The highest BCUT2D eigenvalue weighted by atomic mass is 35.5. The monoisotopic (exact) mass is 271 g/mol. The van der Waals surface area contributed by atoms with Crippen LogP contribution in [0.2, 0.25) is 5.02 Å². The lowest BCUT2D eigenvalue weighted by atomic mass is 9.87. The van der Waals surface area contributed by atoms with Crippen LogP contribution in [0.25, 0.3) is 0 Å². The Balaban J connectivity index is 1.76. The minimum Gasteiger partial charge on any atom is -0.393 e. The minimum absolute atomic E-state index is 0.119. The molecule has 0 spiro atoms. The summed E-state index contributed by atoms with van der Waals surface area (Å²) in [7, 11) is 0. The van der Waals surface area contributed by atoms with E-state index in [0.717, 1.165) is 32.2 Å². The van der Waals surface area contributed by atoms with E-state index in [1.807, 2.05) is 0 Å². The summed E-state index contributed by atoms with van der Waals surface area (Å²) in [4.78, 5) is 0. The molecular formula is C14H19ClFNO. The van der Waals surface area contributed by atoms with E-state index >= 15 is 0 Å². The zero-order valence-corrected chi connectivity index (χ0v) is 11.1. The van der Waals surface area contributed by atoms with Crippen LogP contribution in [-0.4, -0.2) is 17.8 Å². The van der Waals surface area contributed by atoms with Gasteiger partial charge in [-0.15, -0.1) is 0 Å². The van der Waals surface area contributed by atoms with Crippen LogP contribution < -0.4 is 5.32 Å². The number of hydrogen-bond donors (Lipinski definition) is 2. The average molecular weight is 272 g/mol. The molecular weight excluding hydrogens is 253 g/mol. The van der Waals surface area contributed by atoms with Crippen LogP contribution in [0.15, 0.2) is 18.2 Å². The lowest BCUT2D eigenvalue weighted by Crippen LogP contribution is -2.27. The van der Waals surface area contributed by atoms with Crippen molar-refractivity contribution in [3.8, 4) is 0 Å². The van der Waals surface area contributed by atoms with Gasteiger partial charge in [0.25, 0.3) is 0 Å². The van der Waals surface area contributed by atoms with Crippen LogP contribution in [0.4, 0.5) is 4.39 Å². The van der Waals surface area contributed by atoms with Crippen molar-refractivity contribution in [3.05, 3.63) is 34.6 Å². The van der Waals surface area contributed by atoms with Crippen molar-refractivity contribution in [2.24, 2.45) is 5.92 Å². The Morgan fingerprint density at radius 2 is 2.00 bits per heavy atom. The molecule has 1 aliphatic rings. The quantitative estimate of drug-likeness (QED) is 0.882. The number of halogens is 2. The Bertz CT molecular complexity index is 391. The fourth-order valence-corrected chi connectivity index (χ4v) is 2.63. The molecule has 0 bridgehead atoms.